The summed E-state index contributed by atoms with van der Waals surface area (Å²) in [4.78, 5) is 13.3. The van der Waals surface area contributed by atoms with Crippen LogP contribution < -0.4 is 5.32 Å². The Morgan fingerprint density at radius 3 is 2.39 bits per heavy atom. The Morgan fingerprint density at radius 1 is 1.04 bits per heavy atom. The van der Waals surface area contributed by atoms with Gasteiger partial charge in [-0.15, -0.1) is 0 Å². The molecule has 1 N–H and O–H groups in total. The van der Waals surface area contributed by atoms with Crippen molar-refractivity contribution in [2.24, 2.45) is 0 Å². The second-order valence-electron chi connectivity index (χ2n) is 7.63. The van der Waals surface area contributed by atoms with E-state index in [-0.39, 0.29) is 17.6 Å². The molecule has 1 heterocycles. The summed E-state index contributed by atoms with van der Waals surface area (Å²) in [5.41, 5.74) is 6.73. The number of carbonyl (C=O) groups is 1. The largest absolute Gasteiger partial charge is 0.361 e. The molecule has 1 aliphatic heterocycles. The molecule has 2 aliphatic rings. The maximum Gasteiger partial charge on any atom is 0.162 e. The average molecular weight is 368 g/mol. The zero-order valence-corrected chi connectivity index (χ0v) is 16.3. The Bertz CT molecular complexity index is 1010. The van der Waals surface area contributed by atoms with Gasteiger partial charge < -0.3 is 5.32 Å². The molecule has 0 unspecified atom stereocenters. The molecule has 0 bridgehead atoms. The zero-order chi connectivity index (χ0) is 19.7. The molecule has 0 spiro atoms. The molecule has 0 radical (unpaired) electrons. The number of ketones is 1. The minimum absolute atomic E-state index is 0.146. The number of hydrogen-bond donors (Lipinski definition) is 1. The Labute approximate surface area is 166 Å². The minimum Gasteiger partial charge on any atom is -0.361 e. The molecule has 2 atom stereocenters. The summed E-state index contributed by atoms with van der Waals surface area (Å²) in [6.45, 7) is 4.06. The van der Waals surface area contributed by atoms with E-state index < -0.39 is 0 Å². The molecule has 3 nitrogen and oxygen atoms in total. The highest BCUT2D eigenvalue weighted by atomic mass is 16.1. The van der Waals surface area contributed by atoms with Gasteiger partial charge in [-0.05, 0) is 42.4 Å². The van der Waals surface area contributed by atoms with E-state index in [2.05, 4.69) is 54.7 Å². The maximum absolute atomic E-state index is 13.3. The van der Waals surface area contributed by atoms with Crippen LogP contribution in [0.2, 0.25) is 0 Å². The van der Waals surface area contributed by atoms with E-state index in [4.69, 9.17) is 0 Å². The molecule has 0 amide bonds. The molecule has 0 saturated heterocycles. The first-order valence-corrected chi connectivity index (χ1v) is 9.90. The van der Waals surface area contributed by atoms with Gasteiger partial charge in [-0.25, -0.2) is 0 Å². The third-order valence-corrected chi connectivity index (χ3v) is 5.94. The normalized spacial score (nSPS) is 21.8. The van der Waals surface area contributed by atoms with Gasteiger partial charge in [-0.2, -0.15) is 5.26 Å². The lowest BCUT2D eigenvalue weighted by molar-refractivity contribution is -0.116. The van der Waals surface area contributed by atoms with E-state index in [9.17, 15) is 10.1 Å². The van der Waals surface area contributed by atoms with E-state index in [0.717, 1.165) is 35.4 Å². The summed E-state index contributed by atoms with van der Waals surface area (Å²) in [7, 11) is 0. The molecule has 0 saturated carbocycles. The number of carbonyl (C=O) groups excluding carboxylic acids is 1. The first-order chi connectivity index (χ1) is 13.6. The summed E-state index contributed by atoms with van der Waals surface area (Å²) in [6, 6.07) is 20.9. The number of hydrogen-bond acceptors (Lipinski definition) is 3. The standard InChI is InChI=1S/C25H24N2O/c1-3-17-9-11-19(12-10-17)24-21(15-26)16(2)27-22-13-20(14-23(28)25(22)24)18-7-5-4-6-8-18/h4-12,20,24,27H,3,13-14H2,1-2H3/t20-,24-/m0/s1. The highest BCUT2D eigenvalue weighted by Gasteiger charge is 2.38. The Hall–Kier alpha value is -3.12. The SMILES string of the molecule is CCc1ccc([C@H]2C(C#N)=C(C)NC3=C2C(=O)C[C@@H](c2ccccc2)C3)cc1. The van der Waals surface area contributed by atoms with Crippen LogP contribution in [0.5, 0.6) is 0 Å². The highest BCUT2D eigenvalue weighted by Crippen LogP contribution is 2.45. The van der Waals surface area contributed by atoms with Crippen LogP contribution in [-0.4, -0.2) is 5.78 Å². The molecule has 28 heavy (non-hydrogen) atoms. The third-order valence-electron chi connectivity index (χ3n) is 5.94. The van der Waals surface area contributed by atoms with Crippen LogP contribution in [0.25, 0.3) is 0 Å². The molecule has 4 rings (SSSR count). The van der Waals surface area contributed by atoms with E-state index in [1.54, 1.807) is 0 Å². The number of aryl methyl sites for hydroxylation is 1. The van der Waals surface area contributed by atoms with Crippen molar-refractivity contribution >= 4 is 5.78 Å². The number of nitrogens with zero attached hydrogens (tertiary/aromatic N) is 1. The van der Waals surface area contributed by atoms with Crippen LogP contribution >= 0.6 is 0 Å². The number of dihydropyridines is 1. The van der Waals surface area contributed by atoms with Crippen molar-refractivity contribution in [3.05, 3.63) is 93.8 Å². The van der Waals surface area contributed by atoms with Crippen LogP contribution in [0.15, 0.2) is 77.1 Å². The van der Waals surface area contributed by atoms with Gasteiger partial charge in [0.05, 0.1) is 17.6 Å². The van der Waals surface area contributed by atoms with Crippen molar-refractivity contribution in [3.8, 4) is 6.07 Å². The van der Waals surface area contributed by atoms with Crippen LogP contribution in [0, 0.1) is 11.3 Å². The zero-order valence-electron chi connectivity index (χ0n) is 16.3. The fraction of sp³-hybridized carbons (Fsp3) is 0.280. The predicted octanol–water partition coefficient (Wildman–Crippen LogP) is 5.13. The van der Waals surface area contributed by atoms with Gasteiger partial charge >= 0.3 is 0 Å². The molecule has 140 valence electrons. The van der Waals surface area contributed by atoms with Gasteiger partial charge in [0.2, 0.25) is 0 Å². The maximum atomic E-state index is 13.3. The molecular weight excluding hydrogens is 344 g/mol. The molecule has 3 heteroatoms. The Kier molecular flexibility index (Phi) is 4.88. The second kappa shape index (κ2) is 7.48. The van der Waals surface area contributed by atoms with Crippen molar-refractivity contribution in [1.29, 1.82) is 5.26 Å². The smallest absolute Gasteiger partial charge is 0.162 e. The summed E-state index contributed by atoms with van der Waals surface area (Å²) < 4.78 is 0. The number of allylic oxidation sites excluding steroid dienone is 4. The molecule has 0 fully saturated rings. The number of rotatable bonds is 3. The summed E-state index contributed by atoms with van der Waals surface area (Å²) >= 11 is 0. The minimum atomic E-state index is -0.267. The van der Waals surface area contributed by atoms with E-state index >= 15 is 0 Å². The van der Waals surface area contributed by atoms with Gasteiger partial charge in [0, 0.05) is 23.4 Å². The van der Waals surface area contributed by atoms with Crippen LogP contribution in [0.3, 0.4) is 0 Å². The van der Waals surface area contributed by atoms with Crippen LogP contribution in [0.1, 0.15) is 55.2 Å². The van der Waals surface area contributed by atoms with Gasteiger partial charge in [0.1, 0.15) is 0 Å². The number of benzene rings is 2. The van der Waals surface area contributed by atoms with Crippen LogP contribution in [0.4, 0.5) is 0 Å². The van der Waals surface area contributed by atoms with Crippen molar-refractivity contribution in [2.75, 3.05) is 0 Å². The van der Waals surface area contributed by atoms with Crippen molar-refractivity contribution < 1.29 is 4.79 Å². The third kappa shape index (κ3) is 3.16. The lowest BCUT2D eigenvalue weighted by atomic mass is 9.72. The summed E-state index contributed by atoms with van der Waals surface area (Å²) in [5.74, 6) is 0.0586. The van der Waals surface area contributed by atoms with Crippen molar-refractivity contribution in [3.63, 3.8) is 0 Å². The first-order valence-electron chi connectivity index (χ1n) is 9.90. The fourth-order valence-electron chi connectivity index (χ4n) is 4.43. The van der Waals surface area contributed by atoms with E-state index in [0.29, 0.717) is 12.0 Å². The van der Waals surface area contributed by atoms with Gasteiger partial charge in [-0.3, -0.25) is 4.79 Å². The number of nitriles is 1. The summed E-state index contributed by atoms with van der Waals surface area (Å²) in [5, 5.41) is 13.2. The highest BCUT2D eigenvalue weighted by molar-refractivity contribution is 6.00. The number of nitrogens with one attached hydrogen (secondary N) is 1. The van der Waals surface area contributed by atoms with Crippen LogP contribution in [-0.2, 0) is 11.2 Å². The van der Waals surface area contributed by atoms with Crippen molar-refractivity contribution in [2.45, 2.75) is 44.9 Å². The first kappa shape index (κ1) is 18.3. The average Bonchev–Trinajstić information content (AvgIpc) is 2.73. The Balaban J connectivity index is 1.77. The van der Waals surface area contributed by atoms with Gasteiger partial charge in [-0.1, -0.05) is 61.5 Å². The number of Topliss-reactive ketones (excluding diaryl/α,β-unsaturated/α-hetero) is 1. The molecule has 2 aromatic rings. The molecule has 2 aromatic carbocycles. The Morgan fingerprint density at radius 2 is 1.75 bits per heavy atom. The second-order valence-corrected chi connectivity index (χ2v) is 7.63. The predicted molar refractivity (Wildman–Crippen MR) is 110 cm³/mol. The lowest BCUT2D eigenvalue weighted by Crippen LogP contribution is -2.33. The van der Waals surface area contributed by atoms with Gasteiger partial charge in [0.25, 0.3) is 0 Å². The molecule has 0 aromatic heterocycles. The fourth-order valence-corrected chi connectivity index (χ4v) is 4.43. The molecule has 1 aliphatic carbocycles. The van der Waals surface area contributed by atoms with Gasteiger partial charge in [0.15, 0.2) is 5.78 Å². The van der Waals surface area contributed by atoms with Crippen molar-refractivity contribution in [1.82, 2.24) is 5.32 Å². The van der Waals surface area contributed by atoms with E-state index in [1.807, 2.05) is 25.1 Å². The summed E-state index contributed by atoms with van der Waals surface area (Å²) in [6.07, 6.45) is 2.26. The monoisotopic (exact) mass is 368 g/mol. The topological polar surface area (TPSA) is 52.9 Å². The lowest BCUT2D eigenvalue weighted by Gasteiger charge is -2.35. The van der Waals surface area contributed by atoms with E-state index in [1.165, 1.54) is 11.1 Å². The molecular formula is C25H24N2O. The quantitative estimate of drug-likeness (QED) is 0.817.